The summed E-state index contributed by atoms with van der Waals surface area (Å²) in [5, 5.41) is 6.45. The minimum Gasteiger partial charge on any atom is -0.353 e. The van der Waals surface area contributed by atoms with Gasteiger partial charge in [-0.1, -0.05) is 32.0 Å². The lowest BCUT2D eigenvalue weighted by atomic mass is 10.1. The fourth-order valence-corrected chi connectivity index (χ4v) is 3.41. The molecule has 1 saturated heterocycles. The standard InChI is InChI=1S/C23H32N6O/c1-4-18(2)22(30)27-20-9-7-8-19(16-20)17-26-23(24-3)29-14-12-28(13-15-29)21-10-5-6-11-25-21/h5-11,16,18H,4,12-15,17H2,1-3H3,(H,24,26)(H,27,30). The molecule has 0 spiro atoms. The minimum absolute atomic E-state index is 0.00959. The maximum absolute atomic E-state index is 12.1. The lowest BCUT2D eigenvalue weighted by Gasteiger charge is -2.37. The second kappa shape index (κ2) is 10.6. The number of nitrogens with zero attached hydrogens (tertiary/aromatic N) is 4. The van der Waals surface area contributed by atoms with Crippen molar-refractivity contribution in [1.82, 2.24) is 15.2 Å². The number of carbonyl (C=O) groups is 1. The van der Waals surface area contributed by atoms with Gasteiger partial charge in [-0.15, -0.1) is 0 Å². The van der Waals surface area contributed by atoms with Crippen LogP contribution < -0.4 is 15.5 Å². The van der Waals surface area contributed by atoms with E-state index in [9.17, 15) is 4.79 Å². The summed E-state index contributed by atoms with van der Waals surface area (Å²) in [6, 6.07) is 14.0. The van der Waals surface area contributed by atoms with Crippen molar-refractivity contribution in [2.45, 2.75) is 26.8 Å². The van der Waals surface area contributed by atoms with E-state index < -0.39 is 0 Å². The van der Waals surface area contributed by atoms with Crippen molar-refractivity contribution in [2.24, 2.45) is 10.9 Å². The van der Waals surface area contributed by atoms with Crippen molar-refractivity contribution in [3.63, 3.8) is 0 Å². The van der Waals surface area contributed by atoms with Gasteiger partial charge < -0.3 is 20.4 Å². The van der Waals surface area contributed by atoms with Crippen LogP contribution in [0.2, 0.25) is 0 Å². The zero-order valence-electron chi connectivity index (χ0n) is 18.1. The summed E-state index contributed by atoms with van der Waals surface area (Å²) in [5.74, 6) is 1.99. The van der Waals surface area contributed by atoms with Gasteiger partial charge in [-0.25, -0.2) is 4.98 Å². The molecule has 3 rings (SSSR count). The third-order valence-corrected chi connectivity index (χ3v) is 5.47. The number of benzene rings is 1. The van der Waals surface area contributed by atoms with E-state index in [1.54, 1.807) is 0 Å². The Morgan fingerprint density at radius 2 is 1.97 bits per heavy atom. The molecular weight excluding hydrogens is 376 g/mol. The van der Waals surface area contributed by atoms with E-state index in [1.807, 2.05) is 57.4 Å². The van der Waals surface area contributed by atoms with E-state index in [0.29, 0.717) is 6.54 Å². The molecule has 1 atom stereocenters. The summed E-state index contributed by atoms with van der Waals surface area (Å²) in [7, 11) is 1.82. The Hall–Kier alpha value is -3.09. The number of aromatic nitrogens is 1. The molecule has 1 aromatic carbocycles. The van der Waals surface area contributed by atoms with E-state index in [2.05, 4.69) is 42.5 Å². The van der Waals surface area contributed by atoms with Crippen molar-refractivity contribution in [1.29, 1.82) is 0 Å². The van der Waals surface area contributed by atoms with Crippen LogP contribution in [0.4, 0.5) is 11.5 Å². The first-order valence-corrected chi connectivity index (χ1v) is 10.6. The zero-order chi connectivity index (χ0) is 21.3. The number of aliphatic imine (C=N–C) groups is 1. The normalized spacial score (nSPS) is 15.6. The lowest BCUT2D eigenvalue weighted by molar-refractivity contribution is -0.119. The Kier molecular flexibility index (Phi) is 7.65. The topological polar surface area (TPSA) is 72.9 Å². The monoisotopic (exact) mass is 408 g/mol. The van der Waals surface area contributed by atoms with E-state index in [-0.39, 0.29) is 11.8 Å². The van der Waals surface area contributed by atoms with Crippen LogP contribution in [0.1, 0.15) is 25.8 Å². The quantitative estimate of drug-likeness (QED) is 0.568. The Morgan fingerprint density at radius 3 is 2.63 bits per heavy atom. The SMILES string of the molecule is CCC(C)C(=O)Nc1cccc(CNC(=NC)N2CCN(c3ccccn3)CC2)c1. The van der Waals surface area contributed by atoms with Gasteiger partial charge in [-0.05, 0) is 36.2 Å². The molecular formula is C23H32N6O. The summed E-state index contributed by atoms with van der Waals surface area (Å²) in [4.78, 5) is 25.6. The molecule has 7 heteroatoms. The zero-order valence-corrected chi connectivity index (χ0v) is 18.1. The van der Waals surface area contributed by atoms with Gasteiger partial charge in [0.05, 0.1) is 0 Å². The van der Waals surface area contributed by atoms with Gasteiger partial charge in [0.15, 0.2) is 5.96 Å². The third-order valence-electron chi connectivity index (χ3n) is 5.47. The summed E-state index contributed by atoms with van der Waals surface area (Å²) in [6.45, 7) is 8.22. The van der Waals surface area contributed by atoms with Crippen LogP contribution in [0.25, 0.3) is 0 Å². The maximum Gasteiger partial charge on any atom is 0.227 e. The molecule has 0 aliphatic carbocycles. The van der Waals surface area contributed by atoms with Gasteiger partial charge in [-0.3, -0.25) is 9.79 Å². The van der Waals surface area contributed by atoms with Gasteiger partial charge in [0.1, 0.15) is 5.82 Å². The number of carbonyl (C=O) groups excluding carboxylic acids is 1. The van der Waals surface area contributed by atoms with Gasteiger partial charge in [0.2, 0.25) is 5.91 Å². The van der Waals surface area contributed by atoms with E-state index in [1.165, 1.54) is 0 Å². The predicted molar refractivity (Wildman–Crippen MR) is 123 cm³/mol. The number of pyridine rings is 1. The number of piperazine rings is 1. The molecule has 1 aliphatic heterocycles. The predicted octanol–water partition coefficient (Wildman–Crippen LogP) is 2.96. The highest BCUT2D eigenvalue weighted by Crippen LogP contribution is 2.14. The molecule has 0 radical (unpaired) electrons. The van der Waals surface area contributed by atoms with Crippen LogP contribution in [0.5, 0.6) is 0 Å². The van der Waals surface area contributed by atoms with Crippen LogP contribution in [0.3, 0.4) is 0 Å². The van der Waals surface area contributed by atoms with E-state index in [4.69, 9.17) is 0 Å². The number of guanidine groups is 1. The van der Waals surface area contributed by atoms with Crippen molar-refractivity contribution in [3.05, 3.63) is 54.2 Å². The first-order valence-electron chi connectivity index (χ1n) is 10.6. The average Bonchev–Trinajstić information content (AvgIpc) is 2.80. The maximum atomic E-state index is 12.1. The highest BCUT2D eigenvalue weighted by molar-refractivity contribution is 5.92. The lowest BCUT2D eigenvalue weighted by Crippen LogP contribution is -2.52. The van der Waals surface area contributed by atoms with Crippen molar-refractivity contribution >= 4 is 23.4 Å². The van der Waals surface area contributed by atoms with Gasteiger partial charge >= 0.3 is 0 Å². The summed E-state index contributed by atoms with van der Waals surface area (Å²) in [6.07, 6.45) is 2.67. The van der Waals surface area contributed by atoms with Crippen LogP contribution in [0.15, 0.2) is 53.7 Å². The molecule has 0 bridgehead atoms. The molecule has 1 amide bonds. The van der Waals surface area contributed by atoms with Crippen molar-refractivity contribution in [3.8, 4) is 0 Å². The molecule has 1 aliphatic rings. The number of rotatable bonds is 6. The average molecular weight is 409 g/mol. The number of anilines is 2. The second-order valence-corrected chi connectivity index (χ2v) is 7.56. The van der Waals surface area contributed by atoms with E-state index >= 15 is 0 Å². The van der Waals surface area contributed by atoms with Crippen LogP contribution in [0, 0.1) is 5.92 Å². The number of nitrogens with one attached hydrogen (secondary N) is 2. The smallest absolute Gasteiger partial charge is 0.227 e. The van der Waals surface area contributed by atoms with E-state index in [0.717, 1.165) is 55.6 Å². The molecule has 2 N–H and O–H groups in total. The van der Waals surface area contributed by atoms with Gasteiger partial charge in [0, 0.05) is 57.6 Å². The molecule has 2 aromatic rings. The fraction of sp³-hybridized carbons (Fsp3) is 0.435. The Balaban J connectivity index is 1.52. The van der Waals surface area contributed by atoms with Crippen LogP contribution in [-0.4, -0.2) is 55.0 Å². The van der Waals surface area contributed by atoms with Gasteiger partial charge in [-0.2, -0.15) is 0 Å². The Labute approximate surface area is 179 Å². The molecule has 7 nitrogen and oxygen atoms in total. The number of amides is 1. The van der Waals surface area contributed by atoms with Gasteiger partial charge in [0.25, 0.3) is 0 Å². The molecule has 1 aromatic heterocycles. The Morgan fingerprint density at radius 1 is 1.17 bits per heavy atom. The molecule has 1 unspecified atom stereocenters. The first kappa shape index (κ1) is 21.6. The third kappa shape index (κ3) is 5.72. The highest BCUT2D eigenvalue weighted by atomic mass is 16.1. The second-order valence-electron chi connectivity index (χ2n) is 7.56. The molecule has 1 fully saturated rings. The summed E-state index contributed by atoms with van der Waals surface area (Å²) in [5.41, 5.74) is 1.93. The Bertz CT molecular complexity index is 846. The first-order chi connectivity index (χ1) is 14.6. The number of hydrogen-bond donors (Lipinski definition) is 2. The fourth-order valence-electron chi connectivity index (χ4n) is 3.41. The highest BCUT2D eigenvalue weighted by Gasteiger charge is 2.20. The largest absolute Gasteiger partial charge is 0.353 e. The van der Waals surface area contributed by atoms with Crippen molar-refractivity contribution < 1.29 is 4.79 Å². The van der Waals surface area contributed by atoms with Crippen molar-refractivity contribution in [2.75, 3.05) is 43.4 Å². The van der Waals surface area contributed by atoms with Crippen LogP contribution >= 0.6 is 0 Å². The minimum atomic E-state index is 0.00959. The van der Waals surface area contributed by atoms with Crippen LogP contribution in [-0.2, 0) is 11.3 Å². The number of hydrogen-bond acceptors (Lipinski definition) is 4. The molecule has 160 valence electrons. The molecule has 2 heterocycles. The molecule has 0 saturated carbocycles. The summed E-state index contributed by atoms with van der Waals surface area (Å²) >= 11 is 0. The molecule has 30 heavy (non-hydrogen) atoms. The summed E-state index contributed by atoms with van der Waals surface area (Å²) < 4.78 is 0.